The van der Waals surface area contributed by atoms with Crippen LogP contribution in [0.15, 0.2) is 35.4 Å². The third-order valence-electron chi connectivity index (χ3n) is 2.78. The maximum Gasteiger partial charge on any atom is 0.180 e. The van der Waals surface area contributed by atoms with E-state index in [1.807, 2.05) is 18.2 Å². The lowest BCUT2D eigenvalue weighted by Crippen LogP contribution is -2.00. The number of aromatic nitrogens is 1. The molecule has 0 spiro atoms. The molecule has 1 aliphatic heterocycles. The van der Waals surface area contributed by atoms with Gasteiger partial charge in [0.15, 0.2) is 9.84 Å². The van der Waals surface area contributed by atoms with Crippen LogP contribution in [0.25, 0.3) is 10.9 Å². The van der Waals surface area contributed by atoms with Crippen molar-refractivity contribution in [3.8, 4) is 0 Å². The summed E-state index contributed by atoms with van der Waals surface area (Å²) in [6.45, 7) is 0. The van der Waals surface area contributed by atoms with Crippen molar-refractivity contribution in [1.29, 1.82) is 0 Å². The fourth-order valence-corrected chi connectivity index (χ4v) is 5.49. The van der Waals surface area contributed by atoms with Gasteiger partial charge in [0.05, 0.1) is 21.0 Å². The Balaban J connectivity index is 2.52. The summed E-state index contributed by atoms with van der Waals surface area (Å²) in [7, 11) is -3.17. The number of rotatable bonds is 0. The van der Waals surface area contributed by atoms with E-state index in [0.717, 1.165) is 16.5 Å². The quantitative estimate of drug-likeness (QED) is 0.702. The summed E-state index contributed by atoms with van der Waals surface area (Å²) in [4.78, 5) is 4.51. The summed E-state index contributed by atoms with van der Waals surface area (Å²) in [5, 5.41) is 0.724. The fraction of sp³-hybridized carbons (Fsp3) is 0.182. The smallest absolute Gasteiger partial charge is 0.180 e. The molecule has 0 amide bonds. The minimum atomic E-state index is -3.17. The Morgan fingerprint density at radius 2 is 2.12 bits per heavy atom. The van der Waals surface area contributed by atoms with Crippen LogP contribution < -0.4 is 0 Å². The first-order chi connectivity index (χ1) is 7.59. The van der Waals surface area contributed by atoms with Crippen LogP contribution in [0.2, 0.25) is 0 Å². The molecule has 0 fully saturated rings. The topological polar surface area (TPSA) is 47.0 Å². The van der Waals surface area contributed by atoms with E-state index in [0.29, 0.717) is 4.90 Å². The number of alkyl halides is 1. The van der Waals surface area contributed by atoms with Gasteiger partial charge in [-0.2, -0.15) is 0 Å². The first kappa shape index (κ1) is 10.2. The van der Waals surface area contributed by atoms with Gasteiger partial charge >= 0.3 is 0 Å². The lowest BCUT2D eigenvalue weighted by molar-refractivity contribution is 0.600. The number of sulfone groups is 1. The van der Waals surface area contributed by atoms with E-state index in [9.17, 15) is 8.42 Å². The molecular formula is C11H8BrNO2S. The average molecular weight is 298 g/mol. The summed E-state index contributed by atoms with van der Waals surface area (Å²) in [5.74, 6) is 0.135. The van der Waals surface area contributed by atoms with Gasteiger partial charge in [-0.25, -0.2) is 8.42 Å². The molecule has 5 heteroatoms. The second-order valence-electron chi connectivity index (χ2n) is 3.80. The summed E-state index contributed by atoms with van der Waals surface area (Å²) < 4.78 is 24.0. The predicted molar refractivity (Wildman–Crippen MR) is 65.5 cm³/mol. The molecule has 2 heterocycles. The van der Waals surface area contributed by atoms with Gasteiger partial charge in [0.25, 0.3) is 0 Å². The van der Waals surface area contributed by atoms with Crippen LogP contribution >= 0.6 is 15.9 Å². The molecular weight excluding hydrogens is 290 g/mol. The zero-order valence-corrected chi connectivity index (χ0v) is 10.6. The first-order valence-corrected chi connectivity index (χ1v) is 7.41. The first-order valence-electron chi connectivity index (χ1n) is 4.84. The molecule has 0 radical (unpaired) electrons. The van der Waals surface area contributed by atoms with Gasteiger partial charge in [-0.15, -0.1) is 0 Å². The van der Waals surface area contributed by atoms with E-state index in [-0.39, 0.29) is 10.6 Å². The Morgan fingerprint density at radius 1 is 1.31 bits per heavy atom. The van der Waals surface area contributed by atoms with Gasteiger partial charge in [-0.3, -0.25) is 4.98 Å². The second-order valence-corrected chi connectivity index (χ2v) is 6.88. The van der Waals surface area contributed by atoms with E-state index >= 15 is 0 Å². The standard InChI is InChI=1S/C11H8BrNO2S/c12-9-6-16(14,15)11-7(9)3-4-10-8(11)2-1-5-13-10/h1-5,9H,6H2. The van der Waals surface area contributed by atoms with E-state index in [1.54, 1.807) is 12.3 Å². The minimum Gasteiger partial charge on any atom is -0.256 e. The van der Waals surface area contributed by atoms with Crippen LogP contribution in [0, 0.1) is 0 Å². The molecule has 1 aliphatic rings. The molecule has 0 saturated carbocycles. The van der Waals surface area contributed by atoms with Crippen molar-refractivity contribution in [3.63, 3.8) is 0 Å². The zero-order valence-electron chi connectivity index (χ0n) is 8.22. The number of hydrogen-bond acceptors (Lipinski definition) is 3. The van der Waals surface area contributed by atoms with Gasteiger partial charge in [0, 0.05) is 11.6 Å². The fourth-order valence-electron chi connectivity index (χ4n) is 2.10. The van der Waals surface area contributed by atoms with Gasteiger partial charge in [-0.1, -0.05) is 22.0 Å². The van der Waals surface area contributed by atoms with Gasteiger partial charge in [-0.05, 0) is 23.8 Å². The Hall–Kier alpha value is -0.940. The van der Waals surface area contributed by atoms with Crippen LogP contribution in [-0.2, 0) is 9.84 Å². The Labute approximate surface area is 102 Å². The third-order valence-corrected chi connectivity index (χ3v) is 5.88. The molecule has 1 unspecified atom stereocenters. The minimum absolute atomic E-state index is 0.0999. The highest BCUT2D eigenvalue weighted by molar-refractivity contribution is 9.09. The second kappa shape index (κ2) is 3.28. The van der Waals surface area contributed by atoms with Crippen molar-refractivity contribution in [2.24, 2.45) is 0 Å². The van der Waals surface area contributed by atoms with Gasteiger partial charge < -0.3 is 0 Å². The van der Waals surface area contributed by atoms with Gasteiger partial charge in [0.1, 0.15) is 0 Å². The molecule has 0 bridgehead atoms. The van der Waals surface area contributed by atoms with Crippen LogP contribution in [0.3, 0.4) is 0 Å². The third kappa shape index (κ3) is 1.31. The van der Waals surface area contributed by atoms with Crippen molar-refractivity contribution in [2.75, 3.05) is 5.75 Å². The maximum atomic E-state index is 12.0. The van der Waals surface area contributed by atoms with E-state index in [2.05, 4.69) is 20.9 Å². The van der Waals surface area contributed by atoms with Crippen LogP contribution in [0.5, 0.6) is 0 Å². The summed E-state index contributed by atoms with van der Waals surface area (Å²) in [5.41, 5.74) is 1.58. The van der Waals surface area contributed by atoms with Crippen LogP contribution in [-0.4, -0.2) is 19.2 Å². The van der Waals surface area contributed by atoms with Crippen LogP contribution in [0.1, 0.15) is 10.4 Å². The van der Waals surface area contributed by atoms with Crippen molar-refractivity contribution in [3.05, 3.63) is 36.0 Å². The average Bonchev–Trinajstić information content (AvgIpc) is 2.49. The SMILES string of the molecule is O=S1(=O)CC(Br)c2ccc3ncccc3c21. The summed E-state index contributed by atoms with van der Waals surface area (Å²) >= 11 is 3.40. The number of hydrogen-bond donors (Lipinski definition) is 0. The Bertz CT molecular complexity index is 681. The van der Waals surface area contributed by atoms with E-state index in [1.165, 1.54) is 0 Å². The van der Waals surface area contributed by atoms with E-state index in [4.69, 9.17) is 0 Å². The molecule has 3 nitrogen and oxygen atoms in total. The molecule has 3 rings (SSSR count). The summed E-state index contributed by atoms with van der Waals surface area (Å²) in [6, 6.07) is 7.28. The molecule has 82 valence electrons. The molecule has 16 heavy (non-hydrogen) atoms. The number of halogens is 1. The van der Waals surface area contributed by atoms with Gasteiger partial charge in [0.2, 0.25) is 0 Å². The largest absolute Gasteiger partial charge is 0.256 e. The number of benzene rings is 1. The highest BCUT2D eigenvalue weighted by Crippen LogP contribution is 2.41. The molecule has 1 atom stereocenters. The Morgan fingerprint density at radius 3 is 2.94 bits per heavy atom. The van der Waals surface area contributed by atoms with Crippen molar-refractivity contribution >= 4 is 36.7 Å². The molecule has 0 N–H and O–H groups in total. The molecule has 1 aromatic carbocycles. The molecule has 0 aliphatic carbocycles. The lowest BCUT2D eigenvalue weighted by atomic mass is 10.1. The molecule has 2 aromatic rings. The zero-order chi connectivity index (χ0) is 11.3. The number of nitrogens with zero attached hydrogens (tertiary/aromatic N) is 1. The van der Waals surface area contributed by atoms with Crippen molar-refractivity contribution in [1.82, 2.24) is 4.98 Å². The van der Waals surface area contributed by atoms with Crippen molar-refractivity contribution < 1.29 is 8.42 Å². The number of fused-ring (bicyclic) bond motifs is 3. The highest BCUT2D eigenvalue weighted by Gasteiger charge is 2.34. The monoisotopic (exact) mass is 297 g/mol. The maximum absolute atomic E-state index is 12.0. The molecule has 0 saturated heterocycles. The summed E-state index contributed by atoms with van der Waals surface area (Å²) in [6.07, 6.45) is 1.67. The lowest BCUT2D eigenvalue weighted by Gasteiger charge is -2.04. The predicted octanol–water partition coefficient (Wildman–Crippen LogP) is 2.46. The molecule has 1 aromatic heterocycles. The highest BCUT2D eigenvalue weighted by atomic mass is 79.9. The van der Waals surface area contributed by atoms with Crippen LogP contribution in [0.4, 0.5) is 0 Å². The Kier molecular flexibility index (Phi) is 2.09. The van der Waals surface area contributed by atoms with E-state index < -0.39 is 9.84 Å². The van der Waals surface area contributed by atoms with Crippen molar-refractivity contribution in [2.45, 2.75) is 9.72 Å². The normalized spacial score (nSPS) is 22.2. The number of pyridine rings is 1.